The van der Waals surface area contributed by atoms with Gasteiger partial charge in [-0.15, -0.1) is 0 Å². The second kappa shape index (κ2) is 11.2. The van der Waals surface area contributed by atoms with Gasteiger partial charge in [0.05, 0.1) is 18.8 Å². The minimum Gasteiger partial charge on any atom is -0.389 e. The maximum absolute atomic E-state index is 10.2. The fraction of sp³-hybridized carbons (Fsp3) is 0.600. The molecular formula is C20H28O4. The Morgan fingerprint density at radius 2 is 2.08 bits per heavy atom. The van der Waals surface area contributed by atoms with Crippen molar-refractivity contribution in [2.24, 2.45) is 0 Å². The van der Waals surface area contributed by atoms with E-state index in [-0.39, 0.29) is 12.4 Å². The first-order valence-corrected chi connectivity index (χ1v) is 8.82. The Balaban J connectivity index is 1.65. The normalized spacial score (nSPS) is 20.0. The lowest BCUT2D eigenvalue weighted by Gasteiger charge is -2.21. The van der Waals surface area contributed by atoms with Crippen LogP contribution < -0.4 is 0 Å². The van der Waals surface area contributed by atoms with Gasteiger partial charge >= 0.3 is 0 Å². The molecule has 0 saturated carbocycles. The molecule has 0 radical (unpaired) electrons. The molecule has 2 rings (SSSR count). The first-order valence-electron chi connectivity index (χ1n) is 8.82. The summed E-state index contributed by atoms with van der Waals surface area (Å²) in [5, 5.41) is 10.2. The van der Waals surface area contributed by atoms with Crippen molar-refractivity contribution in [2.45, 2.75) is 64.1 Å². The van der Waals surface area contributed by atoms with Gasteiger partial charge in [-0.05, 0) is 31.2 Å². The molecule has 4 heteroatoms. The van der Waals surface area contributed by atoms with Crippen molar-refractivity contribution in [1.29, 1.82) is 0 Å². The van der Waals surface area contributed by atoms with Gasteiger partial charge in [0.25, 0.3) is 0 Å². The molecule has 0 amide bonds. The van der Waals surface area contributed by atoms with E-state index in [2.05, 4.69) is 11.8 Å². The zero-order valence-corrected chi connectivity index (χ0v) is 14.4. The molecule has 1 N–H and O–H groups in total. The Kier molecular flexibility index (Phi) is 8.86. The fourth-order valence-electron chi connectivity index (χ4n) is 2.61. The summed E-state index contributed by atoms with van der Waals surface area (Å²) < 4.78 is 16.8. The number of benzene rings is 1. The molecule has 24 heavy (non-hydrogen) atoms. The van der Waals surface area contributed by atoms with Gasteiger partial charge in [0.2, 0.25) is 0 Å². The van der Waals surface area contributed by atoms with Crippen LogP contribution in [0.3, 0.4) is 0 Å². The summed E-state index contributed by atoms with van der Waals surface area (Å²) in [7, 11) is 0. The monoisotopic (exact) mass is 332 g/mol. The first-order chi connectivity index (χ1) is 11.8. The van der Waals surface area contributed by atoms with Crippen molar-refractivity contribution in [3.05, 3.63) is 35.9 Å². The maximum Gasteiger partial charge on any atom is 0.158 e. The molecule has 1 aromatic carbocycles. The van der Waals surface area contributed by atoms with Crippen molar-refractivity contribution in [3.8, 4) is 11.8 Å². The van der Waals surface area contributed by atoms with Gasteiger partial charge in [-0.3, -0.25) is 0 Å². The summed E-state index contributed by atoms with van der Waals surface area (Å²) in [6.07, 6.45) is 3.43. The number of aliphatic hydroxyl groups is 1. The summed E-state index contributed by atoms with van der Waals surface area (Å²) in [4.78, 5) is 0. The predicted octanol–water partition coefficient (Wildman–Crippen LogP) is 3.28. The van der Waals surface area contributed by atoms with Gasteiger partial charge in [0.15, 0.2) is 6.29 Å². The molecular weight excluding hydrogens is 304 g/mol. The Morgan fingerprint density at radius 1 is 1.25 bits per heavy atom. The number of hydrogen-bond acceptors (Lipinski definition) is 4. The summed E-state index contributed by atoms with van der Waals surface area (Å²) in [6, 6.07) is 9.98. The summed E-state index contributed by atoms with van der Waals surface area (Å²) in [6.45, 7) is 3.63. The summed E-state index contributed by atoms with van der Waals surface area (Å²) >= 11 is 0. The van der Waals surface area contributed by atoms with Crippen LogP contribution >= 0.6 is 0 Å². The Labute approximate surface area is 145 Å². The number of rotatable bonds is 8. The van der Waals surface area contributed by atoms with Crippen LogP contribution in [0.5, 0.6) is 0 Å². The third-order valence-corrected chi connectivity index (χ3v) is 4.05. The molecule has 1 aliphatic rings. The lowest BCUT2D eigenvalue weighted by molar-refractivity contribution is -0.154. The van der Waals surface area contributed by atoms with E-state index in [0.717, 1.165) is 37.9 Å². The molecule has 1 aliphatic heterocycles. The second-order valence-electron chi connectivity index (χ2n) is 5.98. The van der Waals surface area contributed by atoms with Gasteiger partial charge in [0.1, 0.15) is 6.61 Å². The third-order valence-electron chi connectivity index (χ3n) is 4.05. The van der Waals surface area contributed by atoms with Crippen molar-refractivity contribution in [3.63, 3.8) is 0 Å². The second-order valence-corrected chi connectivity index (χ2v) is 5.98. The van der Waals surface area contributed by atoms with E-state index in [4.69, 9.17) is 14.2 Å². The summed E-state index contributed by atoms with van der Waals surface area (Å²) in [5.41, 5.74) is 1.11. The van der Waals surface area contributed by atoms with E-state index >= 15 is 0 Å². The smallest absolute Gasteiger partial charge is 0.158 e. The molecule has 4 nitrogen and oxygen atoms in total. The Morgan fingerprint density at radius 3 is 2.79 bits per heavy atom. The molecule has 1 fully saturated rings. The van der Waals surface area contributed by atoms with Crippen LogP contribution in [0.2, 0.25) is 0 Å². The minimum atomic E-state index is -0.586. The Bertz CT molecular complexity index is 499. The van der Waals surface area contributed by atoms with Crippen molar-refractivity contribution >= 4 is 0 Å². The molecule has 132 valence electrons. The molecule has 0 spiro atoms. The van der Waals surface area contributed by atoms with Crippen LogP contribution in [0.1, 0.15) is 44.6 Å². The third kappa shape index (κ3) is 7.02. The van der Waals surface area contributed by atoms with Crippen molar-refractivity contribution < 1.29 is 19.3 Å². The van der Waals surface area contributed by atoms with Crippen LogP contribution in [-0.2, 0) is 20.8 Å². The lowest BCUT2D eigenvalue weighted by Crippen LogP contribution is -2.28. The Hall–Kier alpha value is -1.38. The summed E-state index contributed by atoms with van der Waals surface area (Å²) in [5.74, 6) is 5.93. The zero-order chi connectivity index (χ0) is 17.0. The van der Waals surface area contributed by atoms with Gasteiger partial charge in [0, 0.05) is 13.0 Å². The largest absolute Gasteiger partial charge is 0.389 e. The van der Waals surface area contributed by atoms with Crippen LogP contribution in [0, 0.1) is 11.8 Å². The highest BCUT2D eigenvalue weighted by Gasteiger charge is 2.17. The van der Waals surface area contributed by atoms with E-state index in [0.29, 0.717) is 19.6 Å². The number of aliphatic hydroxyl groups excluding tert-OH is 1. The van der Waals surface area contributed by atoms with Crippen LogP contribution in [0.25, 0.3) is 0 Å². The van der Waals surface area contributed by atoms with E-state index in [1.54, 1.807) is 0 Å². The van der Waals surface area contributed by atoms with Gasteiger partial charge < -0.3 is 19.3 Å². The first kappa shape index (κ1) is 19.0. The van der Waals surface area contributed by atoms with E-state index < -0.39 is 6.10 Å². The van der Waals surface area contributed by atoms with E-state index in [1.165, 1.54) is 0 Å². The number of hydrogen-bond donors (Lipinski definition) is 1. The zero-order valence-electron chi connectivity index (χ0n) is 14.4. The highest BCUT2D eigenvalue weighted by Crippen LogP contribution is 2.13. The average molecular weight is 332 g/mol. The van der Waals surface area contributed by atoms with Crippen LogP contribution in [0.15, 0.2) is 30.3 Å². The molecule has 0 bridgehead atoms. The molecule has 0 aliphatic carbocycles. The standard InChI is InChI=1S/C20H28O4/c1-2-19(24-16-17-10-4-3-5-11-17)18(21)12-6-8-14-22-20-13-7-9-15-23-20/h3-5,10-11,18-21H,2,7,9,12-16H2,1H3/t18-,19+,20?/m1/s1. The molecule has 0 aromatic heterocycles. The van der Waals surface area contributed by atoms with Gasteiger partial charge in [-0.2, -0.15) is 0 Å². The fourth-order valence-corrected chi connectivity index (χ4v) is 2.61. The predicted molar refractivity (Wildman–Crippen MR) is 93.3 cm³/mol. The minimum absolute atomic E-state index is 0.115. The van der Waals surface area contributed by atoms with Gasteiger partial charge in [-0.1, -0.05) is 49.1 Å². The van der Waals surface area contributed by atoms with Crippen molar-refractivity contribution in [1.82, 2.24) is 0 Å². The highest BCUT2D eigenvalue weighted by molar-refractivity contribution is 5.13. The molecule has 1 unspecified atom stereocenters. The molecule has 3 atom stereocenters. The van der Waals surface area contributed by atoms with Crippen LogP contribution in [0.4, 0.5) is 0 Å². The van der Waals surface area contributed by atoms with Crippen LogP contribution in [-0.4, -0.2) is 36.8 Å². The molecule has 1 heterocycles. The molecule has 1 aromatic rings. The van der Waals surface area contributed by atoms with E-state index in [9.17, 15) is 5.11 Å². The SMILES string of the molecule is CC[C@H](OCc1ccccc1)[C@H](O)CC#CCOC1CCCCO1. The maximum atomic E-state index is 10.2. The lowest BCUT2D eigenvalue weighted by atomic mass is 10.1. The average Bonchev–Trinajstić information content (AvgIpc) is 2.63. The quantitative estimate of drug-likeness (QED) is 0.742. The highest BCUT2D eigenvalue weighted by atomic mass is 16.7. The van der Waals surface area contributed by atoms with Gasteiger partial charge in [-0.25, -0.2) is 0 Å². The van der Waals surface area contributed by atoms with E-state index in [1.807, 2.05) is 37.3 Å². The topological polar surface area (TPSA) is 47.9 Å². The molecule has 1 saturated heterocycles. The number of ether oxygens (including phenoxy) is 3. The van der Waals surface area contributed by atoms with Crippen molar-refractivity contribution in [2.75, 3.05) is 13.2 Å².